The van der Waals surface area contributed by atoms with Crippen molar-refractivity contribution in [2.75, 3.05) is 39.5 Å². The average Bonchev–Trinajstić information content (AvgIpc) is 3.27. The number of hydrogen-bond acceptors (Lipinski definition) is 5. The molecule has 0 N–H and O–H groups in total. The molecular formula is C20H22BrFN2O3. The van der Waals surface area contributed by atoms with Crippen LogP contribution in [0.3, 0.4) is 0 Å². The summed E-state index contributed by atoms with van der Waals surface area (Å²) in [5.41, 5.74) is 2.46. The van der Waals surface area contributed by atoms with Gasteiger partial charge in [-0.1, -0.05) is 0 Å². The molecule has 0 bridgehead atoms. The first-order valence-corrected chi connectivity index (χ1v) is 10.2. The molecule has 5 rings (SSSR count). The van der Waals surface area contributed by atoms with Gasteiger partial charge in [0.2, 0.25) is 5.88 Å². The van der Waals surface area contributed by atoms with E-state index in [2.05, 4.69) is 25.8 Å². The third-order valence-electron chi connectivity index (χ3n) is 5.86. The van der Waals surface area contributed by atoms with Gasteiger partial charge in [0.15, 0.2) is 5.82 Å². The first kappa shape index (κ1) is 17.8. The summed E-state index contributed by atoms with van der Waals surface area (Å²) >= 11 is 3.36. The predicted octanol–water partition coefficient (Wildman–Crippen LogP) is 3.66. The van der Waals surface area contributed by atoms with E-state index in [1.54, 1.807) is 0 Å². The van der Waals surface area contributed by atoms with Crippen LogP contribution in [0.1, 0.15) is 24.0 Å². The molecule has 2 fully saturated rings. The van der Waals surface area contributed by atoms with Crippen LogP contribution in [-0.2, 0) is 22.7 Å². The number of halogens is 2. The minimum absolute atomic E-state index is 0.207. The Morgan fingerprint density at radius 1 is 1.15 bits per heavy atom. The van der Waals surface area contributed by atoms with E-state index < -0.39 is 0 Å². The van der Waals surface area contributed by atoms with Crippen molar-refractivity contribution >= 4 is 26.8 Å². The van der Waals surface area contributed by atoms with Crippen LogP contribution in [0.4, 0.5) is 4.39 Å². The lowest BCUT2D eigenvalue weighted by Crippen LogP contribution is -2.41. The van der Waals surface area contributed by atoms with Crippen molar-refractivity contribution in [2.45, 2.75) is 26.1 Å². The second-order valence-electron chi connectivity index (χ2n) is 7.80. The first-order chi connectivity index (χ1) is 13.2. The Balaban J connectivity index is 1.34. The van der Waals surface area contributed by atoms with Gasteiger partial charge in [0.1, 0.15) is 5.52 Å². The molecule has 3 heterocycles. The monoisotopic (exact) mass is 436 g/mol. The van der Waals surface area contributed by atoms with E-state index >= 15 is 0 Å². The van der Waals surface area contributed by atoms with Gasteiger partial charge < -0.3 is 14.2 Å². The van der Waals surface area contributed by atoms with Crippen LogP contribution in [0.2, 0.25) is 0 Å². The number of fused-ring (bicyclic) bond motifs is 3. The number of hydrogen-bond donors (Lipinski definition) is 0. The molecule has 1 saturated heterocycles. The summed E-state index contributed by atoms with van der Waals surface area (Å²) < 4.78 is 32.2. The lowest BCUT2D eigenvalue weighted by atomic mass is 10.0. The zero-order valence-electron chi connectivity index (χ0n) is 15.1. The highest BCUT2D eigenvalue weighted by Gasteiger charge is 2.45. The SMILES string of the molecule is Fc1c(Br)c2c(c3ccc(OCC4(CN5CCOCC5)CC4)nc13)COC2. The topological polar surface area (TPSA) is 43.8 Å². The van der Waals surface area contributed by atoms with Crippen molar-refractivity contribution in [3.8, 4) is 5.88 Å². The summed E-state index contributed by atoms with van der Waals surface area (Å²) in [4.78, 5) is 6.93. The summed E-state index contributed by atoms with van der Waals surface area (Å²) in [6.07, 6.45) is 2.34. The molecule has 0 amide bonds. The van der Waals surface area contributed by atoms with Crippen LogP contribution >= 0.6 is 15.9 Å². The van der Waals surface area contributed by atoms with Crippen LogP contribution in [0.25, 0.3) is 10.9 Å². The molecule has 0 unspecified atom stereocenters. The Bertz CT molecular complexity index is 881. The van der Waals surface area contributed by atoms with E-state index in [-0.39, 0.29) is 11.2 Å². The molecule has 27 heavy (non-hydrogen) atoms. The molecule has 1 saturated carbocycles. The van der Waals surface area contributed by atoms with Crippen LogP contribution in [0, 0.1) is 11.2 Å². The summed E-state index contributed by atoms with van der Waals surface area (Å²) in [6, 6.07) is 3.75. The number of ether oxygens (including phenoxy) is 3. The lowest BCUT2D eigenvalue weighted by Gasteiger charge is -2.30. The maximum Gasteiger partial charge on any atom is 0.213 e. The number of nitrogens with zero attached hydrogens (tertiary/aromatic N) is 2. The van der Waals surface area contributed by atoms with E-state index in [1.807, 2.05) is 12.1 Å². The Labute approximate surface area is 165 Å². The highest BCUT2D eigenvalue weighted by Crippen LogP contribution is 2.46. The number of morpholine rings is 1. The van der Waals surface area contributed by atoms with Crippen molar-refractivity contribution in [1.29, 1.82) is 0 Å². The first-order valence-electron chi connectivity index (χ1n) is 9.45. The quantitative estimate of drug-likeness (QED) is 0.715. The van der Waals surface area contributed by atoms with Crippen LogP contribution in [0.15, 0.2) is 16.6 Å². The van der Waals surface area contributed by atoms with Crippen molar-refractivity contribution in [3.63, 3.8) is 0 Å². The molecule has 0 atom stereocenters. The largest absolute Gasteiger partial charge is 0.477 e. The fraction of sp³-hybridized carbons (Fsp3) is 0.550. The molecule has 3 aliphatic rings. The summed E-state index contributed by atoms with van der Waals surface area (Å²) in [5.74, 6) is 0.148. The second kappa shape index (κ2) is 6.95. The fourth-order valence-electron chi connectivity index (χ4n) is 4.02. The molecule has 2 aliphatic heterocycles. The molecule has 2 aromatic rings. The van der Waals surface area contributed by atoms with Gasteiger partial charge in [-0.3, -0.25) is 4.90 Å². The van der Waals surface area contributed by atoms with E-state index in [9.17, 15) is 4.39 Å². The van der Waals surface area contributed by atoms with Gasteiger partial charge in [-0.15, -0.1) is 0 Å². The van der Waals surface area contributed by atoms with E-state index in [4.69, 9.17) is 14.2 Å². The minimum atomic E-state index is -0.339. The fourth-order valence-corrected chi connectivity index (χ4v) is 4.56. The highest BCUT2D eigenvalue weighted by atomic mass is 79.9. The van der Waals surface area contributed by atoms with Gasteiger partial charge in [-0.25, -0.2) is 9.37 Å². The zero-order valence-corrected chi connectivity index (χ0v) is 16.7. The lowest BCUT2D eigenvalue weighted by molar-refractivity contribution is 0.0234. The maximum atomic E-state index is 14.8. The van der Waals surface area contributed by atoms with Gasteiger partial charge in [-0.2, -0.15) is 0 Å². The average molecular weight is 437 g/mol. The molecule has 144 valence electrons. The molecule has 1 aromatic carbocycles. The second-order valence-corrected chi connectivity index (χ2v) is 8.59. The maximum absolute atomic E-state index is 14.8. The Morgan fingerprint density at radius 2 is 1.93 bits per heavy atom. The van der Waals surface area contributed by atoms with Crippen molar-refractivity contribution in [2.24, 2.45) is 5.41 Å². The summed E-state index contributed by atoms with van der Waals surface area (Å²) in [5, 5.41) is 0.810. The smallest absolute Gasteiger partial charge is 0.213 e. The van der Waals surface area contributed by atoms with Gasteiger partial charge >= 0.3 is 0 Å². The van der Waals surface area contributed by atoms with Gasteiger partial charge in [-0.05, 0) is 40.4 Å². The molecule has 1 aromatic heterocycles. The third kappa shape index (κ3) is 3.35. The molecule has 5 nitrogen and oxygen atoms in total. The number of rotatable bonds is 5. The van der Waals surface area contributed by atoms with E-state index in [0.717, 1.165) is 49.4 Å². The van der Waals surface area contributed by atoms with Crippen molar-refractivity contribution in [1.82, 2.24) is 9.88 Å². The van der Waals surface area contributed by atoms with E-state index in [0.29, 0.717) is 35.7 Å². The molecule has 7 heteroatoms. The number of benzene rings is 1. The molecule has 0 spiro atoms. The highest BCUT2D eigenvalue weighted by molar-refractivity contribution is 9.10. The third-order valence-corrected chi connectivity index (χ3v) is 6.69. The number of aromatic nitrogens is 1. The predicted molar refractivity (Wildman–Crippen MR) is 102 cm³/mol. The van der Waals surface area contributed by atoms with Gasteiger partial charge in [0, 0.05) is 42.1 Å². The molecule has 1 aliphatic carbocycles. The van der Waals surface area contributed by atoms with Crippen LogP contribution in [-0.4, -0.2) is 49.3 Å². The van der Waals surface area contributed by atoms with Gasteiger partial charge in [0.25, 0.3) is 0 Å². The van der Waals surface area contributed by atoms with Crippen LogP contribution in [0.5, 0.6) is 5.88 Å². The molecular weight excluding hydrogens is 415 g/mol. The Morgan fingerprint density at radius 3 is 2.70 bits per heavy atom. The van der Waals surface area contributed by atoms with Gasteiger partial charge in [0.05, 0.1) is 37.5 Å². The zero-order chi connectivity index (χ0) is 18.4. The van der Waals surface area contributed by atoms with Crippen LogP contribution < -0.4 is 4.74 Å². The molecule has 0 radical (unpaired) electrons. The summed E-state index contributed by atoms with van der Waals surface area (Å²) in [7, 11) is 0. The van der Waals surface area contributed by atoms with E-state index in [1.165, 1.54) is 12.8 Å². The standard InChI is InChI=1S/C20H22BrFN2O3/c21-17-15-10-26-9-14(15)13-1-2-16(23-19(13)18(17)22)27-12-20(3-4-20)11-24-5-7-25-8-6-24/h1-2H,3-12H2. The Hall–Kier alpha value is -1.28. The van der Waals surface area contributed by atoms with Crippen molar-refractivity contribution < 1.29 is 18.6 Å². The Kier molecular flexibility index (Phi) is 4.58. The summed E-state index contributed by atoms with van der Waals surface area (Å²) in [6.45, 7) is 6.19. The minimum Gasteiger partial charge on any atom is -0.477 e. The normalized spacial score (nSPS) is 21.4. The number of pyridine rings is 1. The van der Waals surface area contributed by atoms with Crippen molar-refractivity contribution in [3.05, 3.63) is 33.5 Å².